The van der Waals surface area contributed by atoms with Crippen molar-refractivity contribution < 1.29 is 23.8 Å². The van der Waals surface area contributed by atoms with Crippen molar-refractivity contribution in [1.82, 2.24) is 9.38 Å². The Morgan fingerprint density at radius 2 is 1.91 bits per heavy atom. The Labute approximate surface area is 188 Å². The van der Waals surface area contributed by atoms with Gasteiger partial charge in [0, 0.05) is 22.8 Å². The predicted octanol–water partition coefficient (Wildman–Crippen LogP) is 4.05. The van der Waals surface area contributed by atoms with Crippen molar-refractivity contribution >= 4 is 33.9 Å². The number of esters is 1. The fourth-order valence-electron chi connectivity index (χ4n) is 3.34. The highest BCUT2D eigenvalue weighted by Crippen LogP contribution is 2.34. The normalized spacial score (nSPS) is 10.7. The van der Waals surface area contributed by atoms with Crippen LogP contribution in [-0.4, -0.2) is 42.6 Å². The number of amides is 1. The third kappa shape index (κ3) is 4.15. The quantitative estimate of drug-likeness (QED) is 0.426. The van der Waals surface area contributed by atoms with E-state index < -0.39 is 5.97 Å². The van der Waals surface area contributed by atoms with Crippen LogP contribution in [-0.2, 0) is 16.0 Å². The van der Waals surface area contributed by atoms with Gasteiger partial charge in [-0.1, -0.05) is 12.1 Å². The lowest BCUT2D eigenvalue weighted by Gasteiger charge is -2.09. The number of carbonyl (C=O) groups is 2. The molecule has 32 heavy (non-hydrogen) atoms. The lowest BCUT2D eigenvalue weighted by atomic mass is 10.1. The second kappa shape index (κ2) is 9.11. The van der Waals surface area contributed by atoms with Gasteiger partial charge in [-0.25, -0.2) is 9.78 Å². The molecule has 4 aromatic rings. The minimum atomic E-state index is -0.509. The molecule has 2 aromatic carbocycles. The number of nitrogens with zero attached hydrogens (tertiary/aromatic N) is 2. The lowest BCUT2D eigenvalue weighted by molar-refractivity contribution is -0.115. The molecule has 1 N–H and O–H groups in total. The number of ether oxygens (including phenoxy) is 3. The highest BCUT2D eigenvalue weighted by Gasteiger charge is 2.17. The van der Waals surface area contributed by atoms with Crippen LogP contribution in [0.3, 0.4) is 0 Å². The zero-order chi connectivity index (χ0) is 22.7. The zero-order valence-electron chi connectivity index (χ0n) is 17.7. The molecule has 0 spiro atoms. The van der Waals surface area contributed by atoms with E-state index in [-0.39, 0.29) is 12.3 Å². The molecule has 0 aliphatic carbocycles. The van der Waals surface area contributed by atoms with E-state index in [2.05, 4.69) is 10.3 Å². The van der Waals surface area contributed by atoms with Crippen molar-refractivity contribution in [3.63, 3.8) is 0 Å². The molecule has 0 atom stereocenters. The standard InChI is InChI=1S/C23H21N3O5S/c1-29-15-8-9-20(30-2)17(11-15)19-12-26-14(13-32-23(26)25-19)10-21(27)24-18-7-5-4-6-16(18)22(28)31-3/h4-9,11-13H,10H2,1-3H3,(H,24,27). The molecule has 1 amide bonds. The molecular weight excluding hydrogens is 430 g/mol. The van der Waals surface area contributed by atoms with Crippen molar-refractivity contribution in [1.29, 1.82) is 0 Å². The molecule has 8 nitrogen and oxygen atoms in total. The Kier molecular flexibility index (Phi) is 6.09. The van der Waals surface area contributed by atoms with Gasteiger partial charge in [-0.15, -0.1) is 11.3 Å². The molecule has 0 bridgehead atoms. The third-order valence-electron chi connectivity index (χ3n) is 4.91. The van der Waals surface area contributed by atoms with Gasteiger partial charge in [0.25, 0.3) is 0 Å². The van der Waals surface area contributed by atoms with Gasteiger partial charge >= 0.3 is 5.97 Å². The van der Waals surface area contributed by atoms with Crippen LogP contribution in [0, 0.1) is 0 Å². The maximum Gasteiger partial charge on any atom is 0.339 e. The molecule has 4 rings (SSSR count). The predicted molar refractivity (Wildman–Crippen MR) is 122 cm³/mol. The summed E-state index contributed by atoms with van der Waals surface area (Å²) < 4.78 is 17.5. The molecule has 2 aromatic heterocycles. The number of para-hydroxylation sites is 1. The number of aromatic nitrogens is 2. The van der Waals surface area contributed by atoms with E-state index in [0.717, 1.165) is 16.2 Å². The second-order valence-electron chi connectivity index (χ2n) is 6.83. The first-order chi connectivity index (χ1) is 15.5. The number of fused-ring (bicyclic) bond motifs is 1. The Balaban J connectivity index is 1.59. The summed E-state index contributed by atoms with van der Waals surface area (Å²) >= 11 is 1.44. The van der Waals surface area contributed by atoms with Crippen molar-refractivity contribution in [3.8, 4) is 22.8 Å². The Morgan fingerprint density at radius 3 is 2.66 bits per heavy atom. The van der Waals surface area contributed by atoms with Crippen LogP contribution < -0.4 is 14.8 Å². The average Bonchev–Trinajstić information content (AvgIpc) is 3.40. The minimum absolute atomic E-state index is 0.112. The lowest BCUT2D eigenvalue weighted by Crippen LogP contribution is -2.17. The third-order valence-corrected chi connectivity index (χ3v) is 5.80. The molecular formula is C23H21N3O5S. The average molecular weight is 452 g/mol. The molecule has 0 saturated carbocycles. The number of hydrogen-bond acceptors (Lipinski definition) is 7. The topological polar surface area (TPSA) is 91.2 Å². The van der Waals surface area contributed by atoms with Gasteiger partial charge in [0.15, 0.2) is 4.96 Å². The van der Waals surface area contributed by atoms with Crippen LogP contribution in [0.1, 0.15) is 16.1 Å². The molecule has 0 aliphatic rings. The van der Waals surface area contributed by atoms with Crippen LogP contribution in [0.4, 0.5) is 5.69 Å². The molecule has 164 valence electrons. The molecule has 0 unspecified atom stereocenters. The molecule has 0 aliphatic heterocycles. The maximum atomic E-state index is 12.7. The van der Waals surface area contributed by atoms with E-state index in [1.54, 1.807) is 38.5 Å². The molecule has 9 heteroatoms. The van der Waals surface area contributed by atoms with Crippen molar-refractivity contribution in [2.45, 2.75) is 6.42 Å². The number of imidazole rings is 1. The van der Waals surface area contributed by atoms with Crippen LogP contribution in [0.15, 0.2) is 54.0 Å². The molecule has 0 saturated heterocycles. The van der Waals surface area contributed by atoms with E-state index in [1.165, 1.54) is 18.4 Å². The first-order valence-electron chi connectivity index (χ1n) is 9.69. The largest absolute Gasteiger partial charge is 0.497 e. The van der Waals surface area contributed by atoms with Gasteiger partial charge in [0.05, 0.1) is 44.7 Å². The summed E-state index contributed by atoms with van der Waals surface area (Å²) in [6.07, 6.45) is 1.98. The summed E-state index contributed by atoms with van der Waals surface area (Å²) in [5.74, 6) is 0.608. The van der Waals surface area contributed by atoms with E-state index in [0.29, 0.717) is 28.4 Å². The Morgan fingerprint density at radius 1 is 1.09 bits per heavy atom. The maximum absolute atomic E-state index is 12.7. The van der Waals surface area contributed by atoms with Crippen LogP contribution >= 0.6 is 11.3 Å². The number of benzene rings is 2. The Hall–Kier alpha value is -3.85. The number of methoxy groups -OCH3 is 3. The van der Waals surface area contributed by atoms with Gasteiger partial charge < -0.3 is 19.5 Å². The summed E-state index contributed by atoms with van der Waals surface area (Å²) in [6, 6.07) is 12.2. The summed E-state index contributed by atoms with van der Waals surface area (Å²) in [5.41, 5.74) is 2.99. The molecule has 0 radical (unpaired) electrons. The number of thiazole rings is 1. The fourth-order valence-corrected chi connectivity index (χ4v) is 4.21. The number of rotatable bonds is 7. The fraction of sp³-hybridized carbons (Fsp3) is 0.174. The summed E-state index contributed by atoms with van der Waals surface area (Å²) in [6.45, 7) is 0. The van der Waals surface area contributed by atoms with Crippen molar-refractivity contribution in [2.24, 2.45) is 0 Å². The van der Waals surface area contributed by atoms with Crippen molar-refractivity contribution in [3.05, 3.63) is 65.3 Å². The smallest absolute Gasteiger partial charge is 0.339 e. The number of nitrogens with one attached hydrogen (secondary N) is 1. The second-order valence-corrected chi connectivity index (χ2v) is 7.67. The highest BCUT2D eigenvalue weighted by molar-refractivity contribution is 7.15. The summed E-state index contributed by atoms with van der Waals surface area (Å²) in [4.78, 5) is 30.1. The first kappa shape index (κ1) is 21.4. The van der Waals surface area contributed by atoms with Crippen LogP contribution in [0.25, 0.3) is 16.2 Å². The minimum Gasteiger partial charge on any atom is -0.497 e. The van der Waals surface area contributed by atoms with E-state index in [1.807, 2.05) is 34.2 Å². The van der Waals surface area contributed by atoms with Gasteiger partial charge in [-0.2, -0.15) is 0 Å². The van der Waals surface area contributed by atoms with Gasteiger partial charge in [-0.3, -0.25) is 9.20 Å². The summed E-state index contributed by atoms with van der Waals surface area (Å²) in [5, 5.41) is 4.68. The van der Waals surface area contributed by atoms with Gasteiger partial charge in [0.2, 0.25) is 5.91 Å². The summed E-state index contributed by atoms with van der Waals surface area (Å²) in [7, 11) is 4.51. The number of carbonyl (C=O) groups excluding carboxylic acids is 2. The molecule has 0 fully saturated rings. The van der Waals surface area contributed by atoms with E-state index in [9.17, 15) is 9.59 Å². The highest BCUT2D eigenvalue weighted by atomic mass is 32.1. The van der Waals surface area contributed by atoms with Crippen molar-refractivity contribution in [2.75, 3.05) is 26.6 Å². The van der Waals surface area contributed by atoms with Gasteiger partial charge in [-0.05, 0) is 30.3 Å². The Bertz CT molecular complexity index is 1290. The SMILES string of the molecule is COC(=O)c1ccccc1NC(=O)Cc1csc2nc(-c3cc(OC)ccc3OC)cn12. The first-order valence-corrected chi connectivity index (χ1v) is 10.6. The van der Waals surface area contributed by atoms with Crippen LogP contribution in [0.5, 0.6) is 11.5 Å². The van der Waals surface area contributed by atoms with Gasteiger partial charge in [0.1, 0.15) is 11.5 Å². The van der Waals surface area contributed by atoms with E-state index >= 15 is 0 Å². The number of anilines is 1. The van der Waals surface area contributed by atoms with E-state index in [4.69, 9.17) is 14.2 Å². The molecule has 2 heterocycles. The zero-order valence-corrected chi connectivity index (χ0v) is 18.6. The monoisotopic (exact) mass is 451 g/mol. The number of hydrogen-bond donors (Lipinski definition) is 1. The van der Waals surface area contributed by atoms with Crippen LogP contribution in [0.2, 0.25) is 0 Å².